The molecule has 0 saturated carbocycles. The van der Waals surface area contributed by atoms with Crippen LogP contribution in [0.2, 0.25) is 0 Å². The van der Waals surface area contributed by atoms with Gasteiger partial charge in [-0.15, -0.1) is 0 Å². The standard InChI is InChI=1S/C12H18N2O3.C7H12O2.C5H6N2O/c1-12(2,3)17-11(16)6-5-10(15)9-7-14(4)8-13-9;1-5-6(8)9-7(2,3)4;1-7-2-5(3-8)6-4-7/h7-8H,5-6H2,1-4H3;5H,1H2,2-4H3;2-4H,1H3. The maximum Gasteiger partial charge on any atom is 0.330 e. The van der Waals surface area contributed by atoms with E-state index in [2.05, 4.69) is 16.5 Å². The molecule has 0 amide bonds. The van der Waals surface area contributed by atoms with Crippen molar-refractivity contribution in [3.05, 3.63) is 49.1 Å². The predicted molar refractivity (Wildman–Crippen MR) is 127 cm³/mol. The van der Waals surface area contributed by atoms with Gasteiger partial charge < -0.3 is 18.6 Å². The summed E-state index contributed by atoms with van der Waals surface area (Å²) in [6.45, 7) is 14.1. The van der Waals surface area contributed by atoms with Gasteiger partial charge in [-0.3, -0.25) is 14.4 Å². The highest BCUT2D eigenvalue weighted by Crippen LogP contribution is 2.10. The molecular formula is C24H36N4O6. The Kier molecular flexibility index (Phi) is 12.4. The third kappa shape index (κ3) is 15.3. The van der Waals surface area contributed by atoms with Crippen LogP contribution in [0.4, 0.5) is 0 Å². The van der Waals surface area contributed by atoms with Gasteiger partial charge in [-0.1, -0.05) is 6.58 Å². The monoisotopic (exact) mass is 476 g/mol. The summed E-state index contributed by atoms with van der Waals surface area (Å²) >= 11 is 0. The summed E-state index contributed by atoms with van der Waals surface area (Å²) in [6, 6.07) is 0. The number of hydrogen-bond donors (Lipinski definition) is 0. The molecule has 0 spiro atoms. The van der Waals surface area contributed by atoms with Crippen molar-refractivity contribution < 1.29 is 28.7 Å². The van der Waals surface area contributed by atoms with Crippen molar-refractivity contribution in [3.63, 3.8) is 0 Å². The lowest BCUT2D eigenvalue weighted by molar-refractivity contribution is -0.154. The average Bonchev–Trinajstić information content (AvgIpc) is 3.32. The van der Waals surface area contributed by atoms with E-state index < -0.39 is 11.2 Å². The number of aromatic nitrogens is 4. The number of Topliss-reactive ketones (excluding diaryl/α,β-unsaturated/α-hetero) is 1. The lowest BCUT2D eigenvalue weighted by Crippen LogP contribution is -2.24. The zero-order valence-electron chi connectivity index (χ0n) is 21.3. The summed E-state index contributed by atoms with van der Waals surface area (Å²) < 4.78 is 13.4. The average molecular weight is 477 g/mol. The van der Waals surface area contributed by atoms with Crippen molar-refractivity contribution in [3.8, 4) is 0 Å². The van der Waals surface area contributed by atoms with Gasteiger partial charge in [-0.05, 0) is 41.5 Å². The molecule has 2 heterocycles. The molecule has 2 rings (SSSR count). The van der Waals surface area contributed by atoms with E-state index in [1.165, 1.54) is 0 Å². The summed E-state index contributed by atoms with van der Waals surface area (Å²) in [5.74, 6) is -0.874. The second kappa shape index (κ2) is 13.9. The molecule has 10 nitrogen and oxygen atoms in total. The van der Waals surface area contributed by atoms with Crippen LogP contribution < -0.4 is 0 Å². The largest absolute Gasteiger partial charge is 0.460 e. The molecular weight excluding hydrogens is 440 g/mol. The molecule has 188 valence electrons. The van der Waals surface area contributed by atoms with Crippen molar-refractivity contribution in [2.24, 2.45) is 14.1 Å². The van der Waals surface area contributed by atoms with Gasteiger partial charge in [0.25, 0.3) is 0 Å². The van der Waals surface area contributed by atoms with Crippen molar-refractivity contribution in [2.75, 3.05) is 0 Å². The Hall–Kier alpha value is -3.56. The van der Waals surface area contributed by atoms with Crippen molar-refractivity contribution in [2.45, 2.75) is 65.6 Å². The number of carbonyl (C=O) groups excluding carboxylic acids is 4. The molecule has 0 bridgehead atoms. The number of ketones is 1. The summed E-state index contributed by atoms with van der Waals surface area (Å²) in [7, 11) is 3.61. The van der Waals surface area contributed by atoms with Crippen LogP contribution in [0.3, 0.4) is 0 Å². The van der Waals surface area contributed by atoms with Crippen LogP contribution in [-0.2, 0) is 33.2 Å². The second-order valence-electron chi connectivity index (χ2n) is 9.25. The lowest BCUT2D eigenvalue weighted by atomic mass is 10.1. The van der Waals surface area contributed by atoms with Crippen molar-refractivity contribution >= 4 is 24.0 Å². The molecule has 2 aromatic heterocycles. The maximum absolute atomic E-state index is 11.6. The highest BCUT2D eigenvalue weighted by Gasteiger charge is 2.18. The normalized spacial score (nSPS) is 10.6. The molecule has 0 aromatic carbocycles. The Bertz CT molecular complexity index is 961. The Morgan fingerprint density at radius 3 is 1.76 bits per heavy atom. The molecule has 0 saturated heterocycles. The number of aldehydes is 1. The summed E-state index contributed by atoms with van der Waals surface area (Å²) in [4.78, 5) is 51.1. The number of esters is 2. The van der Waals surface area contributed by atoms with Gasteiger partial charge in [0.05, 0.1) is 19.1 Å². The second-order valence-corrected chi connectivity index (χ2v) is 9.25. The fourth-order valence-electron chi connectivity index (χ4n) is 2.13. The molecule has 0 unspecified atom stereocenters. The third-order valence-electron chi connectivity index (χ3n) is 3.39. The SMILES string of the molecule is C=CC(=O)OC(C)(C)C.Cn1cnc(C(=O)CCC(=O)OC(C)(C)C)c1.Cn1cnc(C=O)c1. The Balaban J connectivity index is 0.000000537. The highest BCUT2D eigenvalue weighted by molar-refractivity contribution is 5.95. The highest BCUT2D eigenvalue weighted by atomic mass is 16.6. The van der Waals surface area contributed by atoms with Gasteiger partial charge in [0, 0.05) is 39.0 Å². The van der Waals surface area contributed by atoms with Gasteiger partial charge in [0.15, 0.2) is 12.1 Å². The number of rotatable bonds is 6. The summed E-state index contributed by atoms with van der Waals surface area (Å²) in [6.07, 6.45) is 8.54. The fourth-order valence-corrected chi connectivity index (χ4v) is 2.13. The van der Waals surface area contributed by atoms with E-state index in [9.17, 15) is 19.2 Å². The molecule has 10 heteroatoms. The van der Waals surface area contributed by atoms with Crippen LogP contribution in [-0.4, -0.2) is 54.3 Å². The van der Waals surface area contributed by atoms with Crippen LogP contribution in [0.1, 0.15) is 75.4 Å². The zero-order valence-corrected chi connectivity index (χ0v) is 21.3. The molecule has 34 heavy (non-hydrogen) atoms. The van der Waals surface area contributed by atoms with E-state index in [0.717, 1.165) is 12.4 Å². The topological polar surface area (TPSA) is 122 Å². The molecule has 0 fully saturated rings. The first-order chi connectivity index (χ1) is 15.6. The van der Waals surface area contributed by atoms with Crippen molar-refractivity contribution in [1.29, 1.82) is 0 Å². The van der Waals surface area contributed by atoms with Gasteiger partial charge in [0.2, 0.25) is 0 Å². The lowest BCUT2D eigenvalue weighted by Gasteiger charge is -2.19. The van der Waals surface area contributed by atoms with Gasteiger partial charge in [-0.25, -0.2) is 14.8 Å². The number of nitrogens with zero attached hydrogens (tertiary/aromatic N) is 4. The molecule has 0 aliphatic carbocycles. The minimum Gasteiger partial charge on any atom is -0.460 e. The fraction of sp³-hybridized carbons (Fsp3) is 0.500. The summed E-state index contributed by atoms with van der Waals surface area (Å²) in [5, 5.41) is 0. The number of aryl methyl sites for hydroxylation is 2. The van der Waals surface area contributed by atoms with E-state index in [1.54, 1.807) is 62.0 Å². The Morgan fingerprint density at radius 2 is 1.44 bits per heavy atom. The van der Waals surface area contributed by atoms with Crippen LogP contribution in [0, 0.1) is 0 Å². The van der Waals surface area contributed by atoms with Crippen LogP contribution in [0.15, 0.2) is 37.7 Å². The molecule has 0 atom stereocenters. The number of hydrogen-bond acceptors (Lipinski definition) is 8. The Labute approximate surface area is 201 Å². The molecule has 0 aliphatic rings. The van der Waals surface area contributed by atoms with E-state index in [-0.39, 0.29) is 30.6 Å². The van der Waals surface area contributed by atoms with Crippen LogP contribution >= 0.6 is 0 Å². The van der Waals surface area contributed by atoms with Crippen LogP contribution in [0.25, 0.3) is 0 Å². The third-order valence-corrected chi connectivity index (χ3v) is 3.39. The number of imidazole rings is 2. The first-order valence-corrected chi connectivity index (χ1v) is 10.6. The minimum absolute atomic E-state index is 0.0900. The smallest absolute Gasteiger partial charge is 0.330 e. The van der Waals surface area contributed by atoms with E-state index in [1.807, 2.05) is 27.8 Å². The molecule has 0 N–H and O–H groups in total. The van der Waals surface area contributed by atoms with Gasteiger partial charge in [-0.2, -0.15) is 0 Å². The van der Waals surface area contributed by atoms with Crippen molar-refractivity contribution in [1.82, 2.24) is 19.1 Å². The van der Waals surface area contributed by atoms with E-state index in [4.69, 9.17) is 9.47 Å². The van der Waals surface area contributed by atoms with Gasteiger partial charge in [0.1, 0.15) is 22.6 Å². The first-order valence-electron chi connectivity index (χ1n) is 10.6. The quantitative estimate of drug-likeness (QED) is 0.269. The van der Waals surface area contributed by atoms with E-state index in [0.29, 0.717) is 11.4 Å². The first kappa shape index (κ1) is 30.4. The summed E-state index contributed by atoms with van der Waals surface area (Å²) in [5.41, 5.74) is -0.0419. The molecule has 0 aliphatic heterocycles. The maximum atomic E-state index is 11.6. The number of carbonyl (C=O) groups is 4. The molecule has 0 radical (unpaired) electrons. The predicted octanol–water partition coefficient (Wildman–Crippen LogP) is 3.47. The minimum atomic E-state index is -0.509. The Morgan fingerprint density at radius 1 is 0.912 bits per heavy atom. The zero-order chi connectivity index (χ0) is 26.5. The van der Waals surface area contributed by atoms with E-state index >= 15 is 0 Å². The van der Waals surface area contributed by atoms with Crippen LogP contribution in [0.5, 0.6) is 0 Å². The van der Waals surface area contributed by atoms with Gasteiger partial charge >= 0.3 is 11.9 Å². The number of ether oxygens (including phenoxy) is 2. The molecule has 2 aromatic rings.